The minimum atomic E-state index is -1.05. The van der Waals surface area contributed by atoms with E-state index in [1.807, 2.05) is 31.2 Å². The standard InChI is InChI=1S/C14H18N4O3/c1-10-3-2-4-12(7-10)21-6-5-18-9-11(16-17-18)8-13(15)14(19)20/h2-4,7,9,13H,5-6,8,15H2,1H3,(H,19,20). The Morgan fingerprint density at radius 3 is 3.05 bits per heavy atom. The van der Waals surface area contributed by atoms with Gasteiger partial charge in [-0.15, -0.1) is 5.10 Å². The maximum Gasteiger partial charge on any atom is 0.320 e. The lowest BCUT2D eigenvalue weighted by Crippen LogP contribution is -2.32. The van der Waals surface area contributed by atoms with E-state index in [4.69, 9.17) is 15.6 Å². The summed E-state index contributed by atoms with van der Waals surface area (Å²) in [5, 5.41) is 16.5. The first-order chi connectivity index (χ1) is 10.0. The summed E-state index contributed by atoms with van der Waals surface area (Å²) in [6, 6.07) is 6.83. The SMILES string of the molecule is Cc1cccc(OCCn2cc(CC(N)C(=O)O)nn2)c1. The van der Waals surface area contributed by atoms with E-state index < -0.39 is 12.0 Å². The second-order valence-corrected chi connectivity index (χ2v) is 4.79. The van der Waals surface area contributed by atoms with Crippen LogP contribution in [0, 0.1) is 6.92 Å². The minimum Gasteiger partial charge on any atom is -0.492 e. The summed E-state index contributed by atoms with van der Waals surface area (Å²) in [6.45, 7) is 2.99. The molecule has 112 valence electrons. The molecule has 0 fully saturated rings. The zero-order valence-electron chi connectivity index (χ0n) is 11.8. The molecule has 1 aromatic heterocycles. The number of nitrogens with two attached hydrogens (primary N) is 1. The Balaban J connectivity index is 1.81. The molecule has 2 rings (SSSR count). The molecule has 0 amide bonds. The molecular formula is C14H18N4O3. The predicted molar refractivity (Wildman–Crippen MR) is 76.0 cm³/mol. The molecule has 1 unspecified atom stereocenters. The van der Waals surface area contributed by atoms with Crippen molar-refractivity contribution in [3.63, 3.8) is 0 Å². The molecular weight excluding hydrogens is 272 g/mol. The molecule has 0 aliphatic heterocycles. The number of hydrogen-bond acceptors (Lipinski definition) is 5. The van der Waals surface area contributed by atoms with Crippen LogP contribution in [0.25, 0.3) is 0 Å². The van der Waals surface area contributed by atoms with Crippen molar-refractivity contribution in [1.82, 2.24) is 15.0 Å². The van der Waals surface area contributed by atoms with Crippen molar-refractivity contribution < 1.29 is 14.6 Å². The molecule has 7 heteroatoms. The van der Waals surface area contributed by atoms with Crippen molar-refractivity contribution in [1.29, 1.82) is 0 Å². The van der Waals surface area contributed by atoms with Crippen LogP contribution in [0.4, 0.5) is 0 Å². The molecule has 21 heavy (non-hydrogen) atoms. The fraction of sp³-hybridized carbons (Fsp3) is 0.357. The van der Waals surface area contributed by atoms with Gasteiger partial charge in [-0.25, -0.2) is 4.68 Å². The van der Waals surface area contributed by atoms with Crippen LogP contribution in [-0.4, -0.2) is 38.7 Å². The average Bonchev–Trinajstić information content (AvgIpc) is 2.86. The molecule has 0 spiro atoms. The second kappa shape index (κ2) is 6.85. The van der Waals surface area contributed by atoms with E-state index in [1.165, 1.54) is 0 Å². The monoisotopic (exact) mass is 290 g/mol. The van der Waals surface area contributed by atoms with Gasteiger partial charge in [0, 0.05) is 12.6 Å². The second-order valence-electron chi connectivity index (χ2n) is 4.79. The van der Waals surface area contributed by atoms with E-state index in [9.17, 15) is 4.79 Å². The number of nitrogens with zero attached hydrogens (tertiary/aromatic N) is 3. The third-order valence-corrected chi connectivity index (χ3v) is 2.91. The number of carboxylic acids is 1. The summed E-state index contributed by atoms with van der Waals surface area (Å²) in [5.41, 5.74) is 7.14. The highest BCUT2D eigenvalue weighted by atomic mass is 16.5. The summed E-state index contributed by atoms with van der Waals surface area (Å²) in [4.78, 5) is 10.7. The van der Waals surface area contributed by atoms with Gasteiger partial charge in [0.1, 0.15) is 18.4 Å². The van der Waals surface area contributed by atoms with Crippen molar-refractivity contribution in [2.75, 3.05) is 6.61 Å². The number of benzene rings is 1. The Morgan fingerprint density at radius 2 is 2.33 bits per heavy atom. The first-order valence-corrected chi connectivity index (χ1v) is 6.61. The number of carbonyl (C=O) groups is 1. The van der Waals surface area contributed by atoms with Crippen molar-refractivity contribution in [3.05, 3.63) is 41.7 Å². The van der Waals surface area contributed by atoms with Gasteiger partial charge in [0.2, 0.25) is 0 Å². The maximum absolute atomic E-state index is 10.7. The lowest BCUT2D eigenvalue weighted by molar-refractivity contribution is -0.138. The number of aliphatic carboxylic acids is 1. The van der Waals surface area contributed by atoms with E-state index in [2.05, 4.69) is 10.3 Å². The Labute approximate surface area is 122 Å². The Kier molecular flexibility index (Phi) is 4.89. The fourth-order valence-electron chi connectivity index (χ4n) is 1.82. The minimum absolute atomic E-state index is 0.161. The van der Waals surface area contributed by atoms with Crippen LogP contribution in [0.3, 0.4) is 0 Å². The van der Waals surface area contributed by atoms with E-state index in [0.29, 0.717) is 18.8 Å². The van der Waals surface area contributed by atoms with Crippen LogP contribution in [0.5, 0.6) is 5.75 Å². The molecule has 0 saturated heterocycles. The van der Waals surface area contributed by atoms with Crippen LogP contribution in [0.2, 0.25) is 0 Å². The van der Waals surface area contributed by atoms with Gasteiger partial charge in [-0.3, -0.25) is 4.79 Å². The lowest BCUT2D eigenvalue weighted by atomic mass is 10.2. The van der Waals surface area contributed by atoms with E-state index >= 15 is 0 Å². The molecule has 3 N–H and O–H groups in total. The van der Waals surface area contributed by atoms with Crippen molar-refractivity contribution in [3.8, 4) is 5.75 Å². The van der Waals surface area contributed by atoms with Gasteiger partial charge in [-0.1, -0.05) is 17.3 Å². The van der Waals surface area contributed by atoms with Crippen molar-refractivity contribution >= 4 is 5.97 Å². The highest BCUT2D eigenvalue weighted by molar-refractivity contribution is 5.73. The van der Waals surface area contributed by atoms with Gasteiger partial charge in [0.05, 0.1) is 12.2 Å². The van der Waals surface area contributed by atoms with Gasteiger partial charge in [-0.05, 0) is 24.6 Å². The zero-order chi connectivity index (χ0) is 15.2. The summed E-state index contributed by atoms with van der Waals surface area (Å²) in [7, 11) is 0. The molecule has 0 bridgehead atoms. The zero-order valence-corrected chi connectivity index (χ0v) is 11.8. The van der Waals surface area contributed by atoms with Crippen LogP contribution >= 0.6 is 0 Å². The maximum atomic E-state index is 10.7. The summed E-state index contributed by atoms with van der Waals surface area (Å²) < 4.78 is 7.22. The van der Waals surface area contributed by atoms with Crippen LogP contribution < -0.4 is 10.5 Å². The van der Waals surface area contributed by atoms with E-state index in [0.717, 1.165) is 11.3 Å². The van der Waals surface area contributed by atoms with Gasteiger partial charge in [0.15, 0.2) is 0 Å². The van der Waals surface area contributed by atoms with Gasteiger partial charge >= 0.3 is 5.97 Å². The molecule has 1 heterocycles. The number of carboxylic acid groups (broad SMARTS) is 1. The summed E-state index contributed by atoms with van der Waals surface area (Å²) >= 11 is 0. The first kappa shape index (κ1) is 15.0. The number of rotatable bonds is 7. The Morgan fingerprint density at radius 1 is 1.52 bits per heavy atom. The molecule has 0 radical (unpaired) electrons. The molecule has 1 atom stereocenters. The topological polar surface area (TPSA) is 103 Å². The van der Waals surface area contributed by atoms with Crippen molar-refractivity contribution in [2.45, 2.75) is 25.9 Å². The third kappa shape index (κ3) is 4.57. The normalized spacial score (nSPS) is 12.1. The van der Waals surface area contributed by atoms with E-state index in [-0.39, 0.29) is 6.42 Å². The van der Waals surface area contributed by atoms with Gasteiger partial charge < -0.3 is 15.6 Å². The lowest BCUT2D eigenvalue weighted by Gasteiger charge is -2.06. The number of hydrogen-bond donors (Lipinski definition) is 2. The predicted octanol–water partition coefficient (Wildman–Crippen LogP) is 0.620. The fourth-order valence-corrected chi connectivity index (χ4v) is 1.82. The molecule has 1 aromatic carbocycles. The number of ether oxygens (including phenoxy) is 1. The van der Waals surface area contributed by atoms with E-state index in [1.54, 1.807) is 10.9 Å². The van der Waals surface area contributed by atoms with Crippen molar-refractivity contribution in [2.24, 2.45) is 5.73 Å². The largest absolute Gasteiger partial charge is 0.492 e. The van der Waals surface area contributed by atoms with Gasteiger partial charge in [-0.2, -0.15) is 0 Å². The molecule has 2 aromatic rings. The quantitative estimate of drug-likeness (QED) is 0.774. The molecule has 0 aliphatic rings. The number of aromatic nitrogens is 3. The first-order valence-electron chi connectivity index (χ1n) is 6.61. The molecule has 7 nitrogen and oxygen atoms in total. The molecule has 0 saturated carbocycles. The molecule has 0 aliphatic carbocycles. The van der Waals surface area contributed by atoms with Crippen LogP contribution in [0.15, 0.2) is 30.5 Å². The Hall–Kier alpha value is -2.41. The summed E-state index contributed by atoms with van der Waals surface area (Å²) in [5.74, 6) is -0.240. The number of aryl methyl sites for hydroxylation is 1. The summed E-state index contributed by atoms with van der Waals surface area (Å²) in [6.07, 6.45) is 1.84. The third-order valence-electron chi connectivity index (χ3n) is 2.91. The van der Waals surface area contributed by atoms with Crippen LogP contribution in [0.1, 0.15) is 11.3 Å². The Bertz CT molecular complexity index is 612. The van der Waals surface area contributed by atoms with Gasteiger partial charge in [0.25, 0.3) is 0 Å². The highest BCUT2D eigenvalue weighted by Gasteiger charge is 2.14. The average molecular weight is 290 g/mol. The highest BCUT2D eigenvalue weighted by Crippen LogP contribution is 2.12. The smallest absolute Gasteiger partial charge is 0.320 e. The van der Waals surface area contributed by atoms with Crippen LogP contribution in [-0.2, 0) is 17.8 Å².